The number of rotatable bonds is 3. The van der Waals surface area contributed by atoms with Crippen LogP contribution in [0.2, 0.25) is 0 Å². The lowest BCUT2D eigenvalue weighted by Gasteiger charge is -1.99. The van der Waals surface area contributed by atoms with E-state index in [-0.39, 0.29) is 0 Å². The molecule has 0 aliphatic carbocycles. The van der Waals surface area contributed by atoms with Crippen molar-refractivity contribution in [3.8, 4) is 11.4 Å². The number of thiophene rings is 1. The highest BCUT2D eigenvalue weighted by Gasteiger charge is 2.12. The molecule has 0 atom stereocenters. The lowest BCUT2D eigenvalue weighted by molar-refractivity contribution is 0.616. The van der Waals surface area contributed by atoms with Crippen molar-refractivity contribution in [2.45, 2.75) is 6.54 Å². The van der Waals surface area contributed by atoms with Crippen LogP contribution >= 0.6 is 11.3 Å². The molecule has 5 aromatic rings. The summed E-state index contributed by atoms with van der Waals surface area (Å²) >= 11 is 1.73. The number of furan rings is 1. The molecule has 0 unspecified atom stereocenters. The molecule has 4 heterocycles. The normalized spacial score (nSPS) is 11.7. The van der Waals surface area contributed by atoms with E-state index in [1.165, 1.54) is 4.88 Å². The van der Waals surface area contributed by atoms with Crippen LogP contribution in [0.4, 0.5) is 0 Å². The van der Waals surface area contributed by atoms with Gasteiger partial charge in [-0.3, -0.25) is 0 Å². The largest absolute Gasteiger partial charge is 0.464 e. The number of imidazole rings is 1. The molecular formula is C17H12N4OS. The number of nitrogens with one attached hydrogen (secondary N) is 1. The summed E-state index contributed by atoms with van der Waals surface area (Å²) in [7, 11) is 0. The SMILES string of the molecule is c1csc(Cn2ncc3[nH]c(-c4ccc5occc5c4)nc32)c1. The summed E-state index contributed by atoms with van der Waals surface area (Å²) in [4.78, 5) is 9.34. The fraction of sp³-hybridized carbons (Fsp3) is 0.0588. The third kappa shape index (κ3) is 2.07. The minimum atomic E-state index is 0.742. The molecule has 1 aromatic carbocycles. The summed E-state index contributed by atoms with van der Waals surface area (Å²) in [6.07, 6.45) is 3.53. The standard InChI is InChI=1S/C17H12N4OS/c1-2-13(23-7-1)10-21-17-14(9-18-21)19-16(20-17)12-3-4-15-11(8-12)5-6-22-15/h1-9H,10H2,(H,19,20). The van der Waals surface area contributed by atoms with E-state index in [0.29, 0.717) is 0 Å². The van der Waals surface area contributed by atoms with Crippen LogP contribution in [-0.2, 0) is 6.54 Å². The minimum Gasteiger partial charge on any atom is -0.464 e. The molecule has 0 saturated heterocycles. The molecule has 0 bridgehead atoms. The minimum absolute atomic E-state index is 0.742. The van der Waals surface area contributed by atoms with E-state index >= 15 is 0 Å². The van der Waals surface area contributed by atoms with Gasteiger partial charge >= 0.3 is 0 Å². The van der Waals surface area contributed by atoms with Crippen LogP contribution in [-0.4, -0.2) is 19.7 Å². The van der Waals surface area contributed by atoms with Crippen molar-refractivity contribution in [3.63, 3.8) is 0 Å². The first kappa shape index (κ1) is 12.7. The first-order chi connectivity index (χ1) is 11.4. The van der Waals surface area contributed by atoms with Crippen LogP contribution in [0.3, 0.4) is 0 Å². The zero-order valence-corrected chi connectivity index (χ0v) is 12.9. The Hall–Kier alpha value is -2.86. The van der Waals surface area contributed by atoms with Gasteiger partial charge in [0.2, 0.25) is 0 Å². The van der Waals surface area contributed by atoms with Gasteiger partial charge in [-0.2, -0.15) is 5.10 Å². The van der Waals surface area contributed by atoms with Gasteiger partial charge in [-0.1, -0.05) is 6.07 Å². The average molecular weight is 320 g/mol. The fourth-order valence-electron chi connectivity index (χ4n) is 2.76. The van der Waals surface area contributed by atoms with Crippen LogP contribution in [0.15, 0.2) is 58.7 Å². The number of aromatic amines is 1. The summed E-state index contributed by atoms with van der Waals surface area (Å²) in [5.41, 5.74) is 3.75. The maximum absolute atomic E-state index is 5.39. The van der Waals surface area contributed by atoms with E-state index in [1.807, 2.05) is 29.1 Å². The van der Waals surface area contributed by atoms with Crippen molar-refractivity contribution in [1.82, 2.24) is 19.7 Å². The molecule has 6 heteroatoms. The summed E-state index contributed by atoms with van der Waals surface area (Å²) in [5.74, 6) is 0.848. The van der Waals surface area contributed by atoms with E-state index in [4.69, 9.17) is 9.40 Å². The van der Waals surface area contributed by atoms with Gasteiger partial charge in [-0.05, 0) is 35.7 Å². The molecule has 0 spiro atoms. The molecule has 0 saturated carbocycles. The zero-order chi connectivity index (χ0) is 15.2. The van der Waals surface area contributed by atoms with Crippen LogP contribution in [0.1, 0.15) is 4.88 Å². The molecule has 112 valence electrons. The number of aromatic nitrogens is 4. The monoisotopic (exact) mass is 320 g/mol. The number of nitrogens with zero attached hydrogens (tertiary/aromatic N) is 3. The predicted octanol–water partition coefficient (Wildman–Crippen LogP) is 4.28. The van der Waals surface area contributed by atoms with Crippen molar-refractivity contribution >= 4 is 33.5 Å². The molecule has 4 aromatic heterocycles. The average Bonchev–Trinajstić information content (AvgIpc) is 3.33. The Balaban J connectivity index is 1.58. The van der Waals surface area contributed by atoms with Crippen LogP contribution in [0, 0.1) is 0 Å². The first-order valence-corrected chi connectivity index (χ1v) is 8.16. The Kier molecular flexibility index (Phi) is 2.65. The highest BCUT2D eigenvalue weighted by molar-refractivity contribution is 7.09. The maximum Gasteiger partial charge on any atom is 0.177 e. The van der Waals surface area contributed by atoms with Gasteiger partial charge in [0.15, 0.2) is 5.65 Å². The van der Waals surface area contributed by atoms with Crippen molar-refractivity contribution in [3.05, 3.63) is 59.1 Å². The van der Waals surface area contributed by atoms with Crippen molar-refractivity contribution in [1.29, 1.82) is 0 Å². The third-order valence-electron chi connectivity index (χ3n) is 3.89. The van der Waals surface area contributed by atoms with E-state index in [1.54, 1.807) is 17.6 Å². The summed E-state index contributed by atoms with van der Waals surface area (Å²) < 4.78 is 7.32. The van der Waals surface area contributed by atoms with Crippen molar-refractivity contribution < 1.29 is 4.42 Å². The van der Waals surface area contributed by atoms with Crippen molar-refractivity contribution in [2.75, 3.05) is 0 Å². The van der Waals surface area contributed by atoms with Crippen LogP contribution < -0.4 is 0 Å². The second-order valence-electron chi connectivity index (χ2n) is 5.38. The first-order valence-electron chi connectivity index (χ1n) is 7.28. The Morgan fingerprint density at radius 1 is 1.22 bits per heavy atom. The zero-order valence-electron chi connectivity index (χ0n) is 12.1. The number of hydrogen-bond acceptors (Lipinski definition) is 4. The van der Waals surface area contributed by atoms with Gasteiger partial charge in [0.05, 0.1) is 19.0 Å². The molecule has 5 rings (SSSR count). The van der Waals surface area contributed by atoms with E-state index < -0.39 is 0 Å². The second kappa shape index (κ2) is 4.82. The van der Waals surface area contributed by atoms with Gasteiger partial charge in [-0.15, -0.1) is 11.3 Å². The number of benzene rings is 1. The summed E-state index contributed by atoms with van der Waals surface area (Å²) in [6.45, 7) is 0.742. The molecule has 0 aliphatic rings. The molecule has 23 heavy (non-hydrogen) atoms. The van der Waals surface area contributed by atoms with Gasteiger partial charge < -0.3 is 9.40 Å². The van der Waals surface area contributed by atoms with Crippen LogP contribution in [0.5, 0.6) is 0 Å². The number of H-pyrrole nitrogens is 1. The van der Waals surface area contributed by atoms with Gasteiger partial charge in [-0.25, -0.2) is 9.67 Å². The predicted molar refractivity (Wildman–Crippen MR) is 90.5 cm³/mol. The topological polar surface area (TPSA) is 59.6 Å². The Morgan fingerprint density at radius 2 is 2.22 bits per heavy atom. The molecule has 5 nitrogen and oxygen atoms in total. The highest BCUT2D eigenvalue weighted by Crippen LogP contribution is 2.25. The lowest BCUT2D eigenvalue weighted by Crippen LogP contribution is -2.00. The number of hydrogen-bond donors (Lipinski definition) is 1. The molecule has 0 fully saturated rings. The lowest BCUT2D eigenvalue weighted by atomic mass is 10.1. The van der Waals surface area contributed by atoms with E-state index in [2.05, 4.69) is 33.7 Å². The van der Waals surface area contributed by atoms with Crippen LogP contribution in [0.25, 0.3) is 33.5 Å². The van der Waals surface area contributed by atoms with E-state index in [9.17, 15) is 0 Å². The Labute approximate surface area is 135 Å². The second-order valence-corrected chi connectivity index (χ2v) is 6.41. The molecular weight excluding hydrogens is 308 g/mol. The Bertz CT molecular complexity index is 1100. The molecule has 1 N–H and O–H groups in total. The highest BCUT2D eigenvalue weighted by atomic mass is 32.1. The maximum atomic E-state index is 5.39. The van der Waals surface area contributed by atoms with Gasteiger partial charge in [0.1, 0.15) is 16.9 Å². The van der Waals surface area contributed by atoms with Gasteiger partial charge in [0, 0.05) is 15.8 Å². The molecule has 0 radical (unpaired) electrons. The summed E-state index contributed by atoms with van der Waals surface area (Å²) in [6, 6.07) is 12.2. The van der Waals surface area contributed by atoms with Crippen molar-refractivity contribution in [2.24, 2.45) is 0 Å². The molecule has 0 amide bonds. The Morgan fingerprint density at radius 3 is 3.13 bits per heavy atom. The smallest absolute Gasteiger partial charge is 0.177 e. The number of fused-ring (bicyclic) bond motifs is 2. The molecule has 0 aliphatic heterocycles. The third-order valence-corrected chi connectivity index (χ3v) is 4.76. The van der Waals surface area contributed by atoms with E-state index in [0.717, 1.165) is 40.1 Å². The fourth-order valence-corrected chi connectivity index (χ4v) is 3.45. The summed E-state index contributed by atoms with van der Waals surface area (Å²) in [5, 5.41) is 7.57. The van der Waals surface area contributed by atoms with Gasteiger partial charge in [0.25, 0.3) is 0 Å². The quantitative estimate of drug-likeness (QED) is 0.539.